The van der Waals surface area contributed by atoms with Gasteiger partial charge in [0.15, 0.2) is 0 Å². The second-order valence-corrected chi connectivity index (χ2v) is 6.88. The van der Waals surface area contributed by atoms with Crippen LogP contribution in [0.15, 0.2) is 51.8 Å². The number of hydrogen-bond donors (Lipinski definition) is 1. The summed E-state index contributed by atoms with van der Waals surface area (Å²) in [6.45, 7) is 0. The molecule has 2 aromatic rings. The van der Waals surface area contributed by atoms with E-state index in [1.165, 1.54) is 19.2 Å². The van der Waals surface area contributed by atoms with Gasteiger partial charge in [-0.15, -0.1) is 0 Å². The molecular formula is C13H11BrClNO3S. The third kappa shape index (κ3) is 3.45. The van der Waals surface area contributed by atoms with Gasteiger partial charge in [-0.25, -0.2) is 8.42 Å². The molecule has 0 aliphatic rings. The molecule has 7 heteroatoms. The Morgan fingerprint density at radius 1 is 1.15 bits per heavy atom. The van der Waals surface area contributed by atoms with Gasteiger partial charge in [-0.05, 0) is 58.4 Å². The first kappa shape index (κ1) is 15.2. The van der Waals surface area contributed by atoms with Gasteiger partial charge >= 0.3 is 0 Å². The Hall–Kier alpha value is -1.24. The van der Waals surface area contributed by atoms with Crippen molar-refractivity contribution in [3.8, 4) is 5.75 Å². The Kier molecular flexibility index (Phi) is 4.57. The van der Waals surface area contributed by atoms with E-state index in [1.807, 2.05) is 0 Å². The number of benzene rings is 2. The first-order chi connectivity index (χ1) is 9.42. The molecule has 0 radical (unpaired) electrons. The smallest absolute Gasteiger partial charge is 0.261 e. The molecule has 0 saturated heterocycles. The quantitative estimate of drug-likeness (QED) is 0.880. The molecule has 2 rings (SSSR count). The molecular weight excluding hydrogens is 366 g/mol. The summed E-state index contributed by atoms with van der Waals surface area (Å²) in [7, 11) is -2.13. The van der Waals surface area contributed by atoms with Gasteiger partial charge in [0, 0.05) is 9.50 Å². The molecule has 4 nitrogen and oxygen atoms in total. The molecule has 20 heavy (non-hydrogen) atoms. The second-order valence-electron chi connectivity index (χ2n) is 3.91. The molecule has 0 spiro atoms. The topological polar surface area (TPSA) is 55.4 Å². The van der Waals surface area contributed by atoms with Gasteiger partial charge in [-0.2, -0.15) is 0 Å². The molecule has 0 fully saturated rings. The van der Waals surface area contributed by atoms with Crippen LogP contribution in [0, 0.1) is 0 Å². The molecule has 1 N–H and O–H groups in total. The van der Waals surface area contributed by atoms with Crippen LogP contribution in [0.25, 0.3) is 0 Å². The highest BCUT2D eigenvalue weighted by Gasteiger charge is 2.15. The summed E-state index contributed by atoms with van der Waals surface area (Å²) in [6.07, 6.45) is 0. The van der Waals surface area contributed by atoms with E-state index in [0.29, 0.717) is 20.9 Å². The van der Waals surface area contributed by atoms with Gasteiger partial charge < -0.3 is 4.74 Å². The van der Waals surface area contributed by atoms with Crippen molar-refractivity contribution < 1.29 is 13.2 Å². The lowest BCUT2D eigenvalue weighted by Gasteiger charge is -2.10. The minimum absolute atomic E-state index is 0.153. The highest BCUT2D eigenvalue weighted by atomic mass is 79.9. The van der Waals surface area contributed by atoms with E-state index >= 15 is 0 Å². The third-order valence-corrected chi connectivity index (χ3v) is 4.82. The van der Waals surface area contributed by atoms with E-state index in [1.54, 1.807) is 30.3 Å². The van der Waals surface area contributed by atoms with Gasteiger partial charge in [-0.1, -0.05) is 11.6 Å². The summed E-state index contributed by atoms with van der Waals surface area (Å²) in [5.41, 5.74) is 0.421. The first-order valence-electron chi connectivity index (χ1n) is 5.54. The average molecular weight is 377 g/mol. The van der Waals surface area contributed by atoms with Crippen LogP contribution in [0.4, 0.5) is 5.69 Å². The Labute approximate surface area is 130 Å². The Balaban J connectivity index is 2.30. The molecule has 0 aliphatic carbocycles. The fraction of sp³-hybridized carbons (Fsp3) is 0.0769. The summed E-state index contributed by atoms with van der Waals surface area (Å²) < 4.78 is 32.5. The number of methoxy groups -OCH3 is 1. The fourth-order valence-electron chi connectivity index (χ4n) is 1.53. The van der Waals surface area contributed by atoms with Crippen LogP contribution in [-0.4, -0.2) is 15.5 Å². The SMILES string of the molecule is COc1ccc(S(=O)(=O)Nc2ccc(Cl)cc2Br)cc1. The van der Waals surface area contributed by atoms with Crippen LogP contribution in [0.2, 0.25) is 5.02 Å². The molecule has 0 bridgehead atoms. The summed E-state index contributed by atoms with van der Waals surface area (Å²) in [4.78, 5) is 0.153. The Morgan fingerprint density at radius 2 is 1.80 bits per heavy atom. The van der Waals surface area contributed by atoms with Crippen LogP contribution in [-0.2, 0) is 10.0 Å². The molecule has 106 valence electrons. The lowest BCUT2D eigenvalue weighted by Crippen LogP contribution is -2.13. The number of halogens is 2. The highest BCUT2D eigenvalue weighted by Crippen LogP contribution is 2.28. The Morgan fingerprint density at radius 3 is 2.35 bits per heavy atom. The number of hydrogen-bond acceptors (Lipinski definition) is 3. The average Bonchev–Trinajstić information content (AvgIpc) is 2.42. The minimum Gasteiger partial charge on any atom is -0.497 e. The van der Waals surface area contributed by atoms with Gasteiger partial charge in [0.1, 0.15) is 5.75 Å². The van der Waals surface area contributed by atoms with Crippen molar-refractivity contribution in [1.82, 2.24) is 0 Å². The van der Waals surface area contributed by atoms with Crippen molar-refractivity contribution >= 4 is 43.2 Å². The van der Waals surface area contributed by atoms with Gasteiger partial charge in [-0.3, -0.25) is 4.72 Å². The Bertz CT molecular complexity index is 717. The summed E-state index contributed by atoms with van der Waals surface area (Å²) in [5.74, 6) is 0.594. The molecule has 0 atom stereocenters. The van der Waals surface area contributed by atoms with E-state index < -0.39 is 10.0 Å². The maximum absolute atomic E-state index is 12.2. The van der Waals surface area contributed by atoms with Gasteiger partial charge in [0.25, 0.3) is 10.0 Å². The van der Waals surface area contributed by atoms with E-state index in [4.69, 9.17) is 16.3 Å². The molecule has 0 amide bonds. The minimum atomic E-state index is -3.65. The molecule has 0 aromatic heterocycles. The number of anilines is 1. The van der Waals surface area contributed by atoms with E-state index in [9.17, 15) is 8.42 Å². The number of rotatable bonds is 4. The highest BCUT2D eigenvalue weighted by molar-refractivity contribution is 9.10. The largest absolute Gasteiger partial charge is 0.497 e. The molecule has 2 aromatic carbocycles. The van der Waals surface area contributed by atoms with Crippen LogP contribution in [0.5, 0.6) is 5.75 Å². The fourth-order valence-corrected chi connectivity index (χ4v) is 3.52. The maximum atomic E-state index is 12.2. The summed E-state index contributed by atoms with van der Waals surface area (Å²) >= 11 is 9.08. The van der Waals surface area contributed by atoms with Crippen molar-refractivity contribution in [3.05, 3.63) is 52.0 Å². The summed E-state index contributed by atoms with van der Waals surface area (Å²) in [6, 6.07) is 11.0. The van der Waals surface area contributed by atoms with Crippen molar-refractivity contribution in [3.63, 3.8) is 0 Å². The zero-order valence-corrected chi connectivity index (χ0v) is 13.6. The zero-order valence-electron chi connectivity index (χ0n) is 10.4. The number of sulfonamides is 1. The van der Waals surface area contributed by atoms with Crippen molar-refractivity contribution in [2.75, 3.05) is 11.8 Å². The van der Waals surface area contributed by atoms with Gasteiger partial charge in [0.05, 0.1) is 17.7 Å². The number of nitrogens with one attached hydrogen (secondary N) is 1. The molecule has 0 unspecified atom stereocenters. The lowest BCUT2D eigenvalue weighted by molar-refractivity contribution is 0.414. The van der Waals surface area contributed by atoms with Crippen molar-refractivity contribution in [2.24, 2.45) is 0 Å². The number of ether oxygens (including phenoxy) is 1. The lowest BCUT2D eigenvalue weighted by atomic mass is 10.3. The first-order valence-corrected chi connectivity index (χ1v) is 8.20. The maximum Gasteiger partial charge on any atom is 0.261 e. The van der Waals surface area contributed by atoms with Crippen LogP contribution in [0.3, 0.4) is 0 Å². The van der Waals surface area contributed by atoms with E-state index in [-0.39, 0.29) is 4.90 Å². The molecule has 0 heterocycles. The molecule has 0 aliphatic heterocycles. The van der Waals surface area contributed by atoms with E-state index in [2.05, 4.69) is 20.7 Å². The predicted octanol–water partition coefficient (Wildman–Crippen LogP) is 3.91. The molecule has 0 saturated carbocycles. The van der Waals surface area contributed by atoms with Crippen LogP contribution < -0.4 is 9.46 Å². The van der Waals surface area contributed by atoms with Gasteiger partial charge in [0.2, 0.25) is 0 Å². The predicted molar refractivity (Wildman–Crippen MR) is 83.0 cm³/mol. The van der Waals surface area contributed by atoms with Crippen molar-refractivity contribution in [1.29, 1.82) is 0 Å². The van der Waals surface area contributed by atoms with Crippen molar-refractivity contribution in [2.45, 2.75) is 4.90 Å². The normalized spacial score (nSPS) is 11.2. The van der Waals surface area contributed by atoms with E-state index in [0.717, 1.165) is 0 Å². The third-order valence-electron chi connectivity index (χ3n) is 2.55. The monoisotopic (exact) mass is 375 g/mol. The van der Waals surface area contributed by atoms with Crippen LogP contribution in [0.1, 0.15) is 0 Å². The second kappa shape index (κ2) is 6.03. The zero-order chi connectivity index (χ0) is 14.8. The summed E-state index contributed by atoms with van der Waals surface area (Å²) in [5, 5.41) is 0.518. The van der Waals surface area contributed by atoms with Crippen LogP contribution >= 0.6 is 27.5 Å². The standard InChI is InChI=1S/C13H11BrClNO3S/c1-19-10-3-5-11(6-4-10)20(17,18)16-13-7-2-9(15)8-12(13)14/h2-8,16H,1H3.